The van der Waals surface area contributed by atoms with Gasteiger partial charge < -0.3 is 0 Å². The van der Waals surface area contributed by atoms with Crippen LogP contribution in [-0.4, -0.2) is 19.3 Å². The van der Waals surface area contributed by atoms with E-state index in [0.29, 0.717) is 11.4 Å². The quantitative estimate of drug-likeness (QED) is 0.842. The van der Waals surface area contributed by atoms with Gasteiger partial charge in [-0.05, 0) is 37.5 Å². The summed E-state index contributed by atoms with van der Waals surface area (Å²) in [7, 11) is -3.46. The summed E-state index contributed by atoms with van der Waals surface area (Å²) in [6.45, 7) is 2.64. The molecule has 0 amide bonds. The van der Waals surface area contributed by atoms with Gasteiger partial charge >= 0.3 is 0 Å². The second-order valence-corrected chi connectivity index (χ2v) is 8.10. The van der Waals surface area contributed by atoms with Crippen LogP contribution >= 0.6 is 0 Å². The summed E-state index contributed by atoms with van der Waals surface area (Å²) >= 11 is 0. The Kier molecular flexibility index (Phi) is 4.83. The Morgan fingerprint density at radius 3 is 2.30 bits per heavy atom. The Bertz CT molecular complexity index is 739. The molecular formula is C19H23NO2S. The van der Waals surface area contributed by atoms with Crippen LogP contribution in [0.1, 0.15) is 42.9 Å². The van der Waals surface area contributed by atoms with Crippen LogP contribution in [0.5, 0.6) is 0 Å². The summed E-state index contributed by atoms with van der Waals surface area (Å²) in [5, 5.41) is 0. The lowest BCUT2D eigenvalue weighted by Gasteiger charge is -2.29. The van der Waals surface area contributed by atoms with E-state index in [-0.39, 0.29) is 6.04 Å². The Morgan fingerprint density at radius 1 is 0.913 bits per heavy atom. The second-order valence-electron chi connectivity index (χ2n) is 6.20. The van der Waals surface area contributed by atoms with Gasteiger partial charge in [-0.2, -0.15) is 4.31 Å². The average molecular weight is 329 g/mol. The lowest BCUT2D eigenvalue weighted by molar-refractivity contribution is 0.329. The maximum absolute atomic E-state index is 13.1. The fraction of sp³-hybridized carbons (Fsp3) is 0.368. The van der Waals surface area contributed by atoms with Crippen LogP contribution in [0.25, 0.3) is 0 Å². The van der Waals surface area contributed by atoms with Crippen molar-refractivity contribution in [2.75, 3.05) is 6.54 Å². The van der Waals surface area contributed by atoms with Gasteiger partial charge in [-0.15, -0.1) is 0 Å². The Labute approximate surface area is 139 Å². The molecule has 1 atom stereocenters. The minimum atomic E-state index is -3.46. The SMILES string of the molecule is Cc1ccc(C2CCCCCN2S(=O)(=O)c2ccccc2)cc1. The van der Waals surface area contributed by atoms with E-state index < -0.39 is 10.0 Å². The van der Waals surface area contributed by atoms with Crippen LogP contribution in [0.3, 0.4) is 0 Å². The topological polar surface area (TPSA) is 37.4 Å². The number of benzene rings is 2. The second kappa shape index (κ2) is 6.85. The Hall–Kier alpha value is -1.65. The van der Waals surface area contributed by atoms with E-state index in [9.17, 15) is 8.42 Å². The van der Waals surface area contributed by atoms with Crippen LogP contribution < -0.4 is 0 Å². The lowest BCUT2D eigenvalue weighted by Crippen LogP contribution is -2.34. The number of hydrogen-bond donors (Lipinski definition) is 0. The van der Waals surface area contributed by atoms with Gasteiger partial charge in [0, 0.05) is 6.54 Å². The van der Waals surface area contributed by atoms with E-state index >= 15 is 0 Å². The smallest absolute Gasteiger partial charge is 0.207 e. The fourth-order valence-corrected chi connectivity index (χ4v) is 4.92. The summed E-state index contributed by atoms with van der Waals surface area (Å²) in [5.41, 5.74) is 2.29. The Morgan fingerprint density at radius 2 is 1.61 bits per heavy atom. The molecule has 0 N–H and O–H groups in total. The predicted molar refractivity (Wildman–Crippen MR) is 92.7 cm³/mol. The van der Waals surface area contributed by atoms with Crippen LogP contribution in [0, 0.1) is 6.92 Å². The maximum atomic E-state index is 13.1. The first-order chi connectivity index (χ1) is 11.1. The van der Waals surface area contributed by atoms with Gasteiger partial charge in [0.25, 0.3) is 0 Å². The first kappa shape index (κ1) is 16.2. The van der Waals surface area contributed by atoms with Crippen molar-refractivity contribution in [3.05, 3.63) is 65.7 Å². The van der Waals surface area contributed by atoms with Gasteiger partial charge in [0.05, 0.1) is 10.9 Å². The molecule has 0 saturated carbocycles. The number of sulfonamides is 1. The summed E-state index contributed by atoms with van der Waals surface area (Å²) in [5.74, 6) is 0. The maximum Gasteiger partial charge on any atom is 0.243 e. The molecule has 1 unspecified atom stereocenters. The largest absolute Gasteiger partial charge is 0.243 e. The fourth-order valence-electron chi connectivity index (χ4n) is 3.22. The molecule has 1 fully saturated rings. The number of rotatable bonds is 3. The van der Waals surface area contributed by atoms with E-state index in [1.807, 2.05) is 6.07 Å². The highest BCUT2D eigenvalue weighted by Gasteiger charge is 2.33. The van der Waals surface area contributed by atoms with E-state index in [0.717, 1.165) is 31.2 Å². The third-order valence-electron chi connectivity index (χ3n) is 4.52. The first-order valence-electron chi connectivity index (χ1n) is 8.22. The van der Waals surface area contributed by atoms with Crippen molar-refractivity contribution >= 4 is 10.0 Å². The molecule has 1 aliphatic heterocycles. The average Bonchev–Trinajstić information content (AvgIpc) is 2.83. The van der Waals surface area contributed by atoms with Crippen molar-refractivity contribution < 1.29 is 8.42 Å². The molecule has 4 heteroatoms. The van der Waals surface area contributed by atoms with Crippen LogP contribution in [0.4, 0.5) is 0 Å². The molecule has 122 valence electrons. The van der Waals surface area contributed by atoms with Gasteiger partial charge in [-0.3, -0.25) is 0 Å². The molecule has 0 radical (unpaired) electrons. The molecule has 0 spiro atoms. The van der Waals surface area contributed by atoms with E-state index in [2.05, 4.69) is 31.2 Å². The molecule has 0 aliphatic carbocycles. The number of nitrogens with zero attached hydrogens (tertiary/aromatic N) is 1. The highest BCUT2D eigenvalue weighted by molar-refractivity contribution is 7.89. The number of aryl methyl sites for hydroxylation is 1. The first-order valence-corrected chi connectivity index (χ1v) is 9.66. The van der Waals surface area contributed by atoms with Crippen LogP contribution in [-0.2, 0) is 10.0 Å². The summed E-state index contributed by atoms with van der Waals surface area (Å²) in [6.07, 6.45) is 3.96. The van der Waals surface area contributed by atoms with Crippen molar-refractivity contribution in [3.63, 3.8) is 0 Å². The van der Waals surface area contributed by atoms with Gasteiger partial charge in [-0.1, -0.05) is 60.9 Å². The highest BCUT2D eigenvalue weighted by atomic mass is 32.2. The minimum absolute atomic E-state index is 0.0664. The zero-order valence-corrected chi connectivity index (χ0v) is 14.3. The zero-order chi connectivity index (χ0) is 16.3. The van der Waals surface area contributed by atoms with Crippen molar-refractivity contribution in [2.24, 2.45) is 0 Å². The third-order valence-corrected chi connectivity index (χ3v) is 6.44. The summed E-state index contributed by atoms with van der Waals surface area (Å²) < 4.78 is 27.9. The van der Waals surface area contributed by atoms with Gasteiger partial charge in [0.1, 0.15) is 0 Å². The van der Waals surface area contributed by atoms with Gasteiger partial charge in [0.15, 0.2) is 0 Å². The summed E-state index contributed by atoms with van der Waals surface area (Å²) in [4.78, 5) is 0.388. The van der Waals surface area contributed by atoms with Crippen molar-refractivity contribution in [2.45, 2.75) is 43.5 Å². The molecular weight excluding hydrogens is 306 g/mol. The number of hydrogen-bond acceptors (Lipinski definition) is 2. The lowest BCUT2D eigenvalue weighted by atomic mass is 10.0. The molecule has 2 aromatic carbocycles. The van der Waals surface area contributed by atoms with Crippen LogP contribution in [0.15, 0.2) is 59.5 Å². The van der Waals surface area contributed by atoms with Crippen molar-refractivity contribution in [1.29, 1.82) is 0 Å². The standard InChI is InChI=1S/C19H23NO2S/c1-16-11-13-17(14-12-16)19-10-6-3-7-15-20(19)23(21,22)18-8-4-2-5-9-18/h2,4-5,8-9,11-14,19H,3,6-7,10,15H2,1H3. The normalized spacial score (nSPS) is 20.1. The molecule has 0 aromatic heterocycles. The van der Waals surface area contributed by atoms with Crippen LogP contribution in [0.2, 0.25) is 0 Å². The van der Waals surface area contributed by atoms with Crippen molar-refractivity contribution in [1.82, 2.24) is 4.31 Å². The summed E-state index contributed by atoms with van der Waals surface area (Å²) in [6, 6.07) is 17.0. The molecule has 1 heterocycles. The third kappa shape index (κ3) is 3.48. The van der Waals surface area contributed by atoms with Crippen molar-refractivity contribution in [3.8, 4) is 0 Å². The molecule has 1 saturated heterocycles. The molecule has 2 aromatic rings. The molecule has 3 rings (SSSR count). The minimum Gasteiger partial charge on any atom is -0.207 e. The predicted octanol–water partition coefficient (Wildman–Crippen LogP) is 4.30. The molecule has 3 nitrogen and oxygen atoms in total. The van der Waals surface area contributed by atoms with Gasteiger partial charge in [0.2, 0.25) is 10.0 Å². The van der Waals surface area contributed by atoms with E-state index in [1.54, 1.807) is 28.6 Å². The van der Waals surface area contributed by atoms with E-state index in [1.165, 1.54) is 5.56 Å². The highest BCUT2D eigenvalue weighted by Crippen LogP contribution is 2.34. The molecule has 0 bridgehead atoms. The molecule has 1 aliphatic rings. The van der Waals surface area contributed by atoms with E-state index in [4.69, 9.17) is 0 Å². The van der Waals surface area contributed by atoms with Gasteiger partial charge in [-0.25, -0.2) is 8.42 Å². The zero-order valence-electron chi connectivity index (χ0n) is 13.5. The molecule has 23 heavy (non-hydrogen) atoms. The Balaban J connectivity index is 2.01. The monoisotopic (exact) mass is 329 g/mol.